The lowest BCUT2D eigenvalue weighted by Crippen LogP contribution is -2.21. The number of rotatable bonds is 4. The topological polar surface area (TPSA) is 34.9 Å². The van der Waals surface area contributed by atoms with E-state index in [0.717, 1.165) is 11.4 Å². The maximum absolute atomic E-state index is 13.2. The third kappa shape index (κ3) is 3.77. The predicted molar refractivity (Wildman–Crippen MR) is 113 cm³/mol. The maximum Gasteiger partial charge on any atom is 0.266 e. The molecule has 3 nitrogen and oxygen atoms in total. The van der Waals surface area contributed by atoms with Crippen LogP contribution in [-0.2, 0) is 5.75 Å². The molecule has 0 fully saturated rings. The van der Waals surface area contributed by atoms with Crippen molar-refractivity contribution in [2.45, 2.75) is 17.8 Å². The van der Waals surface area contributed by atoms with Gasteiger partial charge in [-0.1, -0.05) is 65.3 Å². The summed E-state index contributed by atoms with van der Waals surface area (Å²) in [6.07, 6.45) is 0. The number of nitrogens with zero attached hydrogens (tertiary/aromatic N) is 2. The van der Waals surface area contributed by atoms with E-state index in [-0.39, 0.29) is 5.56 Å². The number of para-hydroxylation sites is 1. The molecule has 0 aliphatic carbocycles. The number of hydrogen-bond donors (Lipinski definition) is 0. The van der Waals surface area contributed by atoms with Crippen LogP contribution in [0.1, 0.15) is 11.1 Å². The van der Waals surface area contributed by atoms with Crippen molar-refractivity contribution in [2.75, 3.05) is 0 Å². The smallest absolute Gasteiger partial charge is 0.266 e. The number of halogens is 1. The summed E-state index contributed by atoms with van der Waals surface area (Å²) >= 11 is 7.58. The Morgan fingerprint density at radius 2 is 1.78 bits per heavy atom. The zero-order valence-corrected chi connectivity index (χ0v) is 16.3. The first-order chi connectivity index (χ1) is 13.1. The summed E-state index contributed by atoms with van der Waals surface area (Å²) < 4.78 is 1.67. The van der Waals surface area contributed by atoms with Gasteiger partial charge in [0.05, 0.1) is 16.6 Å². The molecule has 0 spiro atoms. The third-order valence-electron chi connectivity index (χ3n) is 4.28. The van der Waals surface area contributed by atoms with Gasteiger partial charge in [0.2, 0.25) is 0 Å². The Kier molecular flexibility index (Phi) is 5.01. The fourth-order valence-electron chi connectivity index (χ4n) is 2.98. The Bertz CT molecular complexity index is 1170. The summed E-state index contributed by atoms with van der Waals surface area (Å²) in [4.78, 5) is 17.9. The van der Waals surface area contributed by atoms with Crippen molar-refractivity contribution < 1.29 is 0 Å². The Morgan fingerprint density at radius 1 is 1.00 bits per heavy atom. The molecule has 3 aromatic carbocycles. The van der Waals surface area contributed by atoms with E-state index < -0.39 is 0 Å². The second kappa shape index (κ2) is 7.59. The van der Waals surface area contributed by atoms with E-state index in [9.17, 15) is 4.79 Å². The lowest BCUT2D eigenvalue weighted by molar-refractivity contribution is 0.819. The molecule has 0 atom stereocenters. The minimum Gasteiger partial charge on any atom is -0.268 e. The van der Waals surface area contributed by atoms with Crippen LogP contribution in [0.4, 0.5) is 0 Å². The van der Waals surface area contributed by atoms with Gasteiger partial charge in [0, 0.05) is 10.8 Å². The van der Waals surface area contributed by atoms with Crippen molar-refractivity contribution in [3.05, 3.63) is 99.3 Å². The zero-order valence-electron chi connectivity index (χ0n) is 14.7. The number of fused-ring (bicyclic) bond motifs is 1. The minimum atomic E-state index is -0.0744. The molecule has 0 unspecified atom stereocenters. The van der Waals surface area contributed by atoms with E-state index >= 15 is 0 Å². The average Bonchev–Trinajstić information content (AvgIpc) is 2.68. The summed E-state index contributed by atoms with van der Waals surface area (Å²) in [5, 5.41) is 1.91. The number of hydrogen-bond acceptors (Lipinski definition) is 3. The van der Waals surface area contributed by atoms with Crippen molar-refractivity contribution >= 4 is 34.3 Å². The Morgan fingerprint density at radius 3 is 2.56 bits per heavy atom. The summed E-state index contributed by atoms with van der Waals surface area (Å²) in [6.45, 7) is 2.08. The molecule has 1 aromatic heterocycles. The molecule has 0 radical (unpaired) electrons. The van der Waals surface area contributed by atoms with E-state index in [1.165, 1.54) is 11.1 Å². The summed E-state index contributed by atoms with van der Waals surface area (Å²) in [6, 6.07) is 23.1. The van der Waals surface area contributed by atoms with E-state index in [0.29, 0.717) is 21.1 Å². The zero-order chi connectivity index (χ0) is 18.8. The molecule has 1 heterocycles. The van der Waals surface area contributed by atoms with Gasteiger partial charge in [-0.25, -0.2) is 4.98 Å². The molecule has 0 saturated carbocycles. The number of benzene rings is 3. The van der Waals surface area contributed by atoms with E-state index in [4.69, 9.17) is 16.6 Å². The Hall–Kier alpha value is -2.56. The standard InChI is InChI=1S/C22H17ClN2OS/c1-15-5-4-6-16(13-15)14-27-22-24-20-8-3-2-7-19(20)21(26)25(22)18-11-9-17(23)10-12-18/h2-13H,14H2,1H3. The fraction of sp³-hybridized carbons (Fsp3) is 0.0909. The van der Waals surface area contributed by atoms with E-state index in [1.807, 2.05) is 42.5 Å². The number of aryl methyl sites for hydroxylation is 1. The van der Waals surface area contributed by atoms with Gasteiger partial charge in [0.15, 0.2) is 5.16 Å². The van der Waals surface area contributed by atoms with E-state index in [1.54, 1.807) is 28.5 Å². The molecule has 27 heavy (non-hydrogen) atoms. The first-order valence-corrected chi connectivity index (χ1v) is 9.94. The monoisotopic (exact) mass is 392 g/mol. The van der Waals surface area contributed by atoms with Crippen LogP contribution >= 0.6 is 23.4 Å². The highest BCUT2D eigenvalue weighted by molar-refractivity contribution is 7.98. The van der Waals surface area contributed by atoms with Gasteiger partial charge >= 0.3 is 0 Å². The Labute approximate surface area is 166 Å². The average molecular weight is 393 g/mol. The van der Waals surface area contributed by atoms with Crippen LogP contribution < -0.4 is 5.56 Å². The quantitative estimate of drug-likeness (QED) is 0.333. The molecule has 5 heteroatoms. The molecule has 4 rings (SSSR count). The normalized spacial score (nSPS) is 11.0. The summed E-state index contributed by atoms with van der Waals surface area (Å²) in [5.41, 5.74) is 3.81. The number of aromatic nitrogens is 2. The van der Waals surface area contributed by atoms with Crippen LogP contribution in [-0.4, -0.2) is 9.55 Å². The fourth-order valence-corrected chi connectivity index (χ4v) is 4.06. The molecule has 0 bridgehead atoms. The molecule has 0 N–H and O–H groups in total. The first-order valence-electron chi connectivity index (χ1n) is 8.58. The molecule has 0 aliphatic heterocycles. The summed E-state index contributed by atoms with van der Waals surface area (Å²) in [7, 11) is 0. The van der Waals surface area contributed by atoms with Gasteiger partial charge in [-0.3, -0.25) is 9.36 Å². The van der Waals surface area contributed by atoms with Gasteiger partial charge in [-0.05, 0) is 48.9 Å². The van der Waals surface area contributed by atoms with Crippen LogP contribution in [0.15, 0.2) is 82.7 Å². The second-order valence-electron chi connectivity index (χ2n) is 6.31. The molecular formula is C22H17ClN2OS. The van der Waals surface area contributed by atoms with Crippen molar-refractivity contribution in [3.63, 3.8) is 0 Å². The molecule has 0 saturated heterocycles. The van der Waals surface area contributed by atoms with Crippen molar-refractivity contribution in [1.29, 1.82) is 0 Å². The van der Waals surface area contributed by atoms with Crippen LogP contribution in [0.5, 0.6) is 0 Å². The second-order valence-corrected chi connectivity index (χ2v) is 7.69. The number of thioether (sulfide) groups is 1. The molecule has 4 aromatic rings. The van der Waals surface area contributed by atoms with Crippen molar-refractivity contribution in [3.8, 4) is 5.69 Å². The van der Waals surface area contributed by atoms with Crippen LogP contribution in [0.3, 0.4) is 0 Å². The van der Waals surface area contributed by atoms with Gasteiger partial charge in [-0.15, -0.1) is 0 Å². The van der Waals surface area contributed by atoms with Crippen molar-refractivity contribution in [1.82, 2.24) is 9.55 Å². The molecule has 0 amide bonds. The lowest BCUT2D eigenvalue weighted by atomic mass is 10.2. The highest BCUT2D eigenvalue weighted by atomic mass is 35.5. The third-order valence-corrected chi connectivity index (χ3v) is 5.54. The molecule has 0 aliphatic rings. The van der Waals surface area contributed by atoms with Crippen LogP contribution in [0.2, 0.25) is 5.02 Å². The van der Waals surface area contributed by atoms with Gasteiger partial charge in [-0.2, -0.15) is 0 Å². The first kappa shape index (κ1) is 17.8. The highest BCUT2D eigenvalue weighted by Crippen LogP contribution is 2.25. The summed E-state index contributed by atoms with van der Waals surface area (Å²) in [5.74, 6) is 0.736. The lowest BCUT2D eigenvalue weighted by Gasteiger charge is -2.13. The Balaban J connectivity index is 1.83. The maximum atomic E-state index is 13.2. The van der Waals surface area contributed by atoms with Crippen LogP contribution in [0.25, 0.3) is 16.6 Å². The van der Waals surface area contributed by atoms with E-state index in [2.05, 4.69) is 25.1 Å². The minimum absolute atomic E-state index is 0.0744. The largest absolute Gasteiger partial charge is 0.268 e. The highest BCUT2D eigenvalue weighted by Gasteiger charge is 2.13. The van der Waals surface area contributed by atoms with Crippen molar-refractivity contribution in [2.24, 2.45) is 0 Å². The van der Waals surface area contributed by atoms with Gasteiger partial charge < -0.3 is 0 Å². The van der Waals surface area contributed by atoms with Crippen LogP contribution in [0, 0.1) is 6.92 Å². The van der Waals surface area contributed by atoms with Gasteiger partial charge in [0.1, 0.15) is 0 Å². The predicted octanol–water partition coefficient (Wildman–Crippen LogP) is 5.64. The van der Waals surface area contributed by atoms with Gasteiger partial charge in [0.25, 0.3) is 5.56 Å². The molecule has 134 valence electrons. The SMILES string of the molecule is Cc1cccc(CSc2nc3ccccc3c(=O)n2-c2ccc(Cl)cc2)c1. The molecular weight excluding hydrogens is 376 g/mol.